The van der Waals surface area contributed by atoms with Crippen LogP contribution in [0.3, 0.4) is 0 Å². The van der Waals surface area contributed by atoms with Crippen molar-refractivity contribution in [1.29, 1.82) is 0 Å². The quantitative estimate of drug-likeness (QED) is 0.832. The van der Waals surface area contributed by atoms with Crippen molar-refractivity contribution in [2.75, 3.05) is 19.9 Å². The Morgan fingerprint density at radius 2 is 2.12 bits per heavy atom. The van der Waals surface area contributed by atoms with Crippen LogP contribution >= 0.6 is 0 Å². The van der Waals surface area contributed by atoms with Crippen LogP contribution in [0.1, 0.15) is 12.0 Å². The van der Waals surface area contributed by atoms with Crippen LogP contribution in [0.15, 0.2) is 23.2 Å². The van der Waals surface area contributed by atoms with E-state index in [1.165, 1.54) is 5.56 Å². The second kappa shape index (κ2) is 4.04. The molecular formula is C12H14N2O2. The van der Waals surface area contributed by atoms with Gasteiger partial charge in [-0.05, 0) is 24.1 Å². The Morgan fingerprint density at radius 3 is 3.00 bits per heavy atom. The summed E-state index contributed by atoms with van der Waals surface area (Å²) in [4.78, 5) is 4.37. The second-order valence-electron chi connectivity index (χ2n) is 3.94. The molecule has 4 nitrogen and oxygen atoms in total. The Labute approximate surface area is 94.3 Å². The minimum Gasteiger partial charge on any atom is -0.454 e. The highest BCUT2D eigenvalue weighted by Crippen LogP contribution is 2.32. The molecule has 0 aliphatic carbocycles. The molecule has 16 heavy (non-hydrogen) atoms. The number of aliphatic imine (C=N–C) groups is 1. The fourth-order valence-electron chi connectivity index (χ4n) is 1.97. The average molecular weight is 218 g/mol. The van der Waals surface area contributed by atoms with Crippen LogP contribution in [-0.4, -0.2) is 25.7 Å². The third kappa shape index (κ3) is 1.83. The molecule has 0 spiro atoms. The normalized spacial score (nSPS) is 17.1. The molecule has 0 radical (unpaired) electrons. The van der Waals surface area contributed by atoms with Crippen LogP contribution in [-0.2, 0) is 6.42 Å². The Hall–Kier alpha value is -1.71. The monoisotopic (exact) mass is 218 g/mol. The molecule has 0 unspecified atom stereocenters. The first-order chi connectivity index (χ1) is 7.92. The maximum Gasteiger partial charge on any atom is 0.231 e. The van der Waals surface area contributed by atoms with Gasteiger partial charge in [-0.2, -0.15) is 0 Å². The number of nitrogens with one attached hydrogen (secondary N) is 1. The number of amidine groups is 1. The van der Waals surface area contributed by atoms with E-state index in [9.17, 15) is 0 Å². The first-order valence-corrected chi connectivity index (χ1v) is 5.57. The molecule has 0 saturated carbocycles. The lowest BCUT2D eigenvalue weighted by molar-refractivity contribution is 0.174. The Morgan fingerprint density at radius 1 is 1.19 bits per heavy atom. The van der Waals surface area contributed by atoms with Crippen molar-refractivity contribution >= 4 is 5.84 Å². The summed E-state index contributed by atoms with van der Waals surface area (Å²) in [6.45, 7) is 2.24. The summed E-state index contributed by atoms with van der Waals surface area (Å²) in [6, 6.07) is 6.11. The summed E-state index contributed by atoms with van der Waals surface area (Å²) in [5, 5.41) is 3.27. The topological polar surface area (TPSA) is 42.9 Å². The van der Waals surface area contributed by atoms with Crippen molar-refractivity contribution in [3.05, 3.63) is 23.8 Å². The van der Waals surface area contributed by atoms with Crippen molar-refractivity contribution in [1.82, 2.24) is 5.32 Å². The van der Waals surface area contributed by atoms with Gasteiger partial charge in [0.05, 0.1) is 12.4 Å². The largest absolute Gasteiger partial charge is 0.454 e. The molecule has 1 aromatic carbocycles. The van der Waals surface area contributed by atoms with Gasteiger partial charge in [0.2, 0.25) is 6.79 Å². The molecule has 0 fully saturated rings. The number of fused-ring (bicyclic) bond motifs is 1. The summed E-state index contributed by atoms with van der Waals surface area (Å²) in [5.41, 5.74) is 1.26. The molecule has 1 aromatic rings. The van der Waals surface area contributed by atoms with E-state index in [-0.39, 0.29) is 0 Å². The van der Waals surface area contributed by atoms with E-state index < -0.39 is 0 Å². The zero-order valence-electron chi connectivity index (χ0n) is 9.03. The minimum absolute atomic E-state index is 0.340. The predicted molar refractivity (Wildman–Crippen MR) is 61.2 cm³/mol. The molecule has 3 rings (SSSR count). The number of nitrogens with zero attached hydrogens (tertiary/aromatic N) is 1. The fourth-order valence-corrected chi connectivity index (χ4v) is 1.97. The van der Waals surface area contributed by atoms with E-state index in [1.807, 2.05) is 6.07 Å². The lowest BCUT2D eigenvalue weighted by atomic mass is 10.1. The standard InChI is InChI=1S/C12H14N2O2/c1-3-10-11(16-8-15-10)7-9(1)2-4-12-13-5-6-14-12/h1,3,7H,2,4-6,8H2,(H,13,14). The lowest BCUT2D eigenvalue weighted by Gasteiger charge is -2.03. The zero-order valence-corrected chi connectivity index (χ0v) is 9.03. The van der Waals surface area contributed by atoms with Crippen molar-refractivity contribution < 1.29 is 9.47 Å². The van der Waals surface area contributed by atoms with Gasteiger partial charge in [0, 0.05) is 13.0 Å². The molecule has 0 saturated heterocycles. The van der Waals surface area contributed by atoms with Gasteiger partial charge >= 0.3 is 0 Å². The molecule has 2 aliphatic rings. The first-order valence-electron chi connectivity index (χ1n) is 5.57. The van der Waals surface area contributed by atoms with Crippen molar-refractivity contribution in [2.45, 2.75) is 12.8 Å². The Kier molecular flexibility index (Phi) is 2.40. The molecule has 0 atom stereocenters. The Bertz CT molecular complexity index is 429. The van der Waals surface area contributed by atoms with Gasteiger partial charge in [0.1, 0.15) is 0 Å². The number of ether oxygens (including phenoxy) is 2. The van der Waals surface area contributed by atoms with E-state index >= 15 is 0 Å². The average Bonchev–Trinajstić information content (AvgIpc) is 2.97. The third-order valence-corrected chi connectivity index (χ3v) is 2.83. The number of hydrogen-bond donors (Lipinski definition) is 1. The summed E-state index contributed by atoms with van der Waals surface area (Å²) in [6.07, 6.45) is 1.96. The van der Waals surface area contributed by atoms with E-state index in [4.69, 9.17) is 9.47 Å². The number of hydrogen-bond acceptors (Lipinski definition) is 4. The minimum atomic E-state index is 0.340. The predicted octanol–water partition coefficient (Wildman–Crippen LogP) is 1.35. The maximum absolute atomic E-state index is 5.34. The molecule has 4 heteroatoms. The van der Waals surface area contributed by atoms with Gasteiger partial charge in [-0.1, -0.05) is 6.07 Å². The van der Waals surface area contributed by atoms with E-state index in [0.717, 1.165) is 43.3 Å². The highest BCUT2D eigenvalue weighted by Gasteiger charge is 2.13. The van der Waals surface area contributed by atoms with E-state index in [2.05, 4.69) is 22.4 Å². The molecule has 2 aliphatic heterocycles. The lowest BCUT2D eigenvalue weighted by Crippen LogP contribution is -2.18. The van der Waals surface area contributed by atoms with Gasteiger partial charge in [-0.15, -0.1) is 0 Å². The van der Waals surface area contributed by atoms with Gasteiger partial charge < -0.3 is 14.8 Å². The smallest absolute Gasteiger partial charge is 0.231 e. The molecule has 1 N–H and O–H groups in total. The molecule has 84 valence electrons. The van der Waals surface area contributed by atoms with Crippen molar-refractivity contribution in [2.24, 2.45) is 4.99 Å². The molecule has 0 amide bonds. The fraction of sp³-hybridized carbons (Fsp3) is 0.417. The van der Waals surface area contributed by atoms with Crippen LogP contribution in [0, 0.1) is 0 Å². The highest BCUT2D eigenvalue weighted by molar-refractivity contribution is 5.83. The van der Waals surface area contributed by atoms with Crippen LogP contribution in [0.5, 0.6) is 11.5 Å². The molecule has 0 aromatic heterocycles. The number of benzene rings is 1. The van der Waals surface area contributed by atoms with Crippen LogP contribution in [0.25, 0.3) is 0 Å². The van der Waals surface area contributed by atoms with E-state index in [1.54, 1.807) is 0 Å². The van der Waals surface area contributed by atoms with Crippen molar-refractivity contribution in [3.8, 4) is 11.5 Å². The first kappa shape index (κ1) is 9.51. The van der Waals surface area contributed by atoms with Crippen LogP contribution < -0.4 is 14.8 Å². The molecule has 0 bridgehead atoms. The number of aryl methyl sites for hydroxylation is 1. The number of rotatable bonds is 3. The maximum atomic E-state index is 5.34. The van der Waals surface area contributed by atoms with E-state index in [0.29, 0.717) is 6.79 Å². The Balaban J connectivity index is 1.66. The zero-order chi connectivity index (χ0) is 10.8. The summed E-state index contributed by atoms with van der Waals surface area (Å²) in [7, 11) is 0. The van der Waals surface area contributed by atoms with Gasteiger partial charge in [0.25, 0.3) is 0 Å². The summed E-state index contributed by atoms with van der Waals surface area (Å²) < 4.78 is 10.6. The summed E-state index contributed by atoms with van der Waals surface area (Å²) in [5.74, 6) is 2.83. The van der Waals surface area contributed by atoms with Crippen molar-refractivity contribution in [3.63, 3.8) is 0 Å². The van der Waals surface area contributed by atoms with Gasteiger partial charge in [-0.3, -0.25) is 4.99 Å². The molecular weight excluding hydrogens is 204 g/mol. The van der Waals surface area contributed by atoms with Crippen LogP contribution in [0.4, 0.5) is 0 Å². The SMILES string of the molecule is c1cc2c(cc1CCC1=NCCN1)OCO2. The highest BCUT2D eigenvalue weighted by atomic mass is 16.7. The van der Waals surface area contributed by atoms with Gasteiger partial charge in [0.15, 0.2) is 11.5 Å². The summed E-state index contributed by atoms with van der Waals surface area (Å²) >= 11 is 0. The second-order valence-corrected chi connectivity index (χ2v) is 3.94. The van der Waals surface area contributed by atoms with Crippen LogP contribution in [0.2, 0.25) is 0 Å². The molecule has 2 heterocycles. The van der Waals surface area contributed by atoms with Gasteiger partial charge in [-0.25, -0.2) is 0 Å². The third-order valence-electron chi connectivity index (χ3n) is 2.83.